The summed E-state index contributed by atoms with van der Waals surface area (Å²) in [4.78, 5) is 3.97. The van der Waals surface area contributed by atoms with Crippen molar-refractivity contribution in [2.24, 2.45) is 0 Å². The van der Waals surface area contributed by atoms with E-state index >= 15 is 0 Å². The Morgan fingerprint density at radius 2 is 2.50 bits per heavy atom. The molecule has 0 aliphatic carbocycles. The Kier molecular flexibility index (Phi) is 3.73. The van der Waals surface area contributed by atoms with Crippen LogP contribution in [0.3, 0.4) is 0 Å². The molecule has 0 radical (unpaired) electrons. The molecular weight excluding hydrogens is 170 g/mol. The van der Waals surface area contributed by atoms with Gasteiger partial charge in [0.1, 0.15) is 5.82 Å². The fourth-order valence-corrected chi connectivity index (χ4v) is 1.16. The topological polar surface area (TPSA) is 50.9 Å². The van der Waals surface area contributed by atoms with Gasteiger partial charge in [0.25, 0.3) is 0 Å². The van der Waals surface area contributed by atoms with Crippen LogP contribution in [0.25, 0.3) is 0 Å². The highest BCUT2D eigenvalue weighted by Gasteiger charge is 1.95. The lowest BCUT2D eigenvalue weighted by molar-refractivity contribution is 1.21. The van der Waals surface area contributed by atoms with Gasteiger partial charge in [0.15, 0.2) is 0 Å². The highest BCUT2D eigenvalue weighted by Crippen LogP contribution is 2.12. The molecule has 0 saturated heterocycles. The first-order valence-corrected chi connectivity index (χ1v) is 5.17. The predicted octanol–water partition coefficient (Wildman–Crippen LogP) is 1.44. The normalized spacial score (nSPS) is 9.75. The Morgan fingerprint density at radius 3 is 3.17 bits per heavy atom. The second-order valence-corrected chi connectivity index (χ2v) is 3.34. The lowest BCUT2D eigenvalue weighted by Crippen LogP contribution is -2.06. The first-order chi connectivity index (χ1) is 5.84. The largest absolute Gasteiger partial charge is 0.382 e. The van der Waals surface area contributed by atoms with Crippen LogP contribution in [0.5, 0.6) is 0 Å². The lowest BCUT2D eigenvalue weighted by atomic mass is 10.4. The zero-order valence-electron chi connectivity index (χ0n) is 7.08. The van der Waals surface area contributed by atoms with Gasteiger partial charge in [-0.2, -0.15) is 11.8 Å². The molecule has 0 aliphatic heterocycles. The highest BCUT2D eigenvalue weighted by atomic mass is 32.2. The fourth-order valence-electron chi connectivity index (χ4n) is 0.855. The number of anilines is 2. The average molecular weight is 183 g/mol. The van der Waals surface area contributed by atoms with Gasteiger partial charge in [-0.25, -0.2) is 4.98 Å². The van der Waals surface area contributed by atoms with Gasteiger partial charge >= 0.3 is 0 Å². The molecule has 0 fully saturated rings. The van der Waals surface area contributed by atoms with Crippen LogP contribution in [0, 0.1) is 0 Å². The standard InChI is InChI=1S/C8H13N3S/c1-12-6-5-10-7-3-2-4-11-8(7)9/h2-4,10H,5-6H2,1H3,(H2,9,11). The summed E-state index contributed by atoms with van der Waals surface area (Å²) < 4.78 is 0. The molecule has 12 heavy (non-hydrogen) atoms. The van der Waals surface area contributed by atoms with Gasteiger partial charge in [-0.15, -0.1) is 0 Å². The molecule has 0 aromatic carbocycles. The van der Waals surface area contributed by atoms with E-state index in [-0.39, 0.29) is 0 Å². The van der Waals surface area contributed by atoms with E-state index in [1.165, 1.54) is 0 Å². The highest BCUT2D eigenvalue weighted by molar-refractivity contribution is 7.98. The van der Waals surface area contributed by atoms with Crippen molar-refractivity contribution >= 4 is 23.3 Å². The van der Waals surface area contributed by atoms with Gasteiger partial charge in [-0.3, -0.25) is 0 Å². The number of hydrogen-bond donors (Lipinski definition) is 2. The summed E-state index contributed by atoms with van der Waals surface area (Å²) in [5.74, 6) is 1.65. The van der Waals surface area contributed by atoms with Crippen molar-refractivity contribution in [3.8, 4) is 0 Å². The van der Waals surface area contributed by atoms with Crippen molar-refractivity contribution in [3.63, 3.8) is 0 Å². The molecule has 66 valence electrons. The van der Waals surface area contributed by atoms with Crippen LogP contribution in [-0.4, -0.2) is 23.5 Å². The van der Waals surface area contributed by atoms with Crippen LogP contribution in [0.4, 0.5) is 11.5 Å². The molecule has 1 aromatic heterocycles. The van der Waals surface area contributed by atoms with Crippen LogP contribution in [0.1, 0.15) is 0 Å². The number of hydrogen-bond acceptors (Lipinski definition) is 4. The van der Waals surface area contributed by atoms with Crippen LogP contribution in [0.15, 0.2) is 18.3 Å². The van der Waals surface area contributed by atoms with Crippen LogP contribution >= 0.6 is 11.8 Å². The second kappa shape index (κ2) is 4.87. The molecule has 1 rings (SSSR count). The summed E-state index contributed by atoms with van der Waals surface area (Å²) in [6.07, 6.45) is 3.77. The molecule has 0 spiro atoms. The van der Waals surface area contributed by atoms with E-state index in [4.69, 9.17) is 5.73 Å². The Morgan fingerprint density at radius 1 is 1.67 bits per heavy atom. The van der Waals surface area contributed by atoms with Gasteiger partial charge in [0.2, 0.25) is 0 Å². The SMILES string of the molecule is CSCCNc1cccnc1N. The van der Waals surface area contributed by atoms with E-state index in [1.807, 2.05) is 12.1 Å². The van der Waals surface area contributed by atoms with E-state index in [0.717, 1.165) is 18.0 Å². The van der Waals surface area contributed by atoms with Gasteiger partial charge in [0.05, 0.1) is 5.69 Å². The van der Waals surface area contributed by atoms with Crippen LogP contribution < -0.4 is 11.1 Å². The summed E-state index contributed by atoms with van der Waals surface area (Å²) in [5, 5.41) is 3.21. The number of nitrogens with zero attached hydrogens (tertiary/aromatic N) is 1. The van der Waals surface area contributed by atoms with Gasteiger partial charge < -0.3 is 11.1 Å². The quantitative estimate of drug-likeness (QED) is 0.693. The number of rotatable bonds is 4. The minimum Gasteiger partial charge on any atom is -0.382 e. The predicted molar refractivity (Wildman–Crippen MR) is 55.5 cm³/mol. The Balaban J connectivity index is 2.46. The first kappa shape index (κ1) is 9.19. The third-order valence-corrected chi connectivity index (χ3v) is 2.07. The zero-order valence-corrected chi connectivity index (χ0v) is 7.90. The third kappa shape index (κ3) is 2.62. The van der Waals surface area contributed by atoms with Gasteiger partial charge in [-0.1, -0.05) is 0 Å². The molecule has 1 heterocycles. The first-order valence-electron chi connectivity index (χ1n) is 3.78. The van der Waals surface area contributed by atoms with E-state index < -0.39 is 0 Å². The Hall–Kier alpha value is -0.900. The van der Waals surface area contributed by atoms with Crippen molar-refractivity contribution in [2.75, 3.05) is 29.6 Å². The van der Waals surface area contributed by atoms with Crippen molar-refractivity contribution in [2.45, 2.75) is 0 Å². The molecule has 3 N–H and O–H groups in total. The minimum absolute atomic E-state index is 0.568. The number of nitrogen functional groups attached to an aromatic ring is 1. The second-order valence-electron chi connectivity index (χ2n) is 2.36. The molecule has 0 saturated carbocycles. The molecule has 0 unspecified atom stereocenters. The molecule has 0 atom stereocenters. The number of nitrogens with two attached hydrogens (primary N) is 1. The number of thioether (sulfide) groups is 1. The van der Waals surface area contributed by atoms with E-state index in [2.05, 4.69) is 16.6 Å². The lowest BCUT2D eigenvalue weighted by Gasteiger charge is -2.06. The van der Waals surface area contributed by atoms with Crippen LogP contribution in [0.2, 0.25) is 0 Å². The van der Waals surface area contributed by atoms with Crippen molar-refractivity contribution in [3.05, 3.63) is 18.3 Å². The maximum atomic E-state index is 5.62. The summed E-state index contributed by atoms with van der Waals surface area (Å²) in [6.45, 7) is 0.928. The van der Waals surface area contributed by atoms with E-state index in [1.54, 1.807) is 18.0 Å². The van der Waals surface area contributed by atoms with E-state index in [9.17, 15) is 0 Å². The maximum Gasteiger partial charge on any atom is 0.146 e. The van der Waals surface area contributed by atoms with Crippen LogP contribution in [-0.2, 0) is 0 Å². The number of aromatic nitrogens is 1. The molecule has 0 bridgehead atoms. The maximum absolute atomic E-state index is 5.62. The molecule has 1 aromatic rings. The summed E-state index contributed by atoms with van der Waals surface area (Å²) >= 11 is 1.80. The average Bonchev–Trinajstić information content (AvgIpc) is 2.09. The fraction of sp³-hybridized carbons (Fsp3) is 0.375. The minimum atomic E-state index is 0.568. The summed E-state index contributed by atoms with van der Waals surface area (Å²) in [5.41, 5.74) is 6.55. The van der Waals surface area contributed by atoms with Crippen molar-refractivity contribution in [1.82, 2.24) is 4.98 Å². The molecule has 4 heteroatoms. The third-order valence-electron chi connectivity index (χ3n) is 1.46. The van der Waals surface area contributed by atoms with Gasteiger partial charge in [0, 0.05) is 18.5 Å². The van der Waals surface area contributed by atoms with E-state index in [0.29, 0.717) is 5.82 Å². The molecule has 3 nitrogen and oxygen atoms in total. The summed E-state index contributed by atoms with van der Waals surface area (Å²) in [7, 11) is 0. The zero-order chi connectivity index (χ0) is 8.81. The summed E-state index contributed by atoms with van der Waals surface area (Å²) in [6, 6.07) is 3.81. The molecular formula is C8H13N3S. The number of pyridine rings is 1. The van der Waals surface area contributed by atoms with Crippen molar-refractivity contribution < 1.29 is 0 Å². The smallest absolute Gasteiger partial charge is 0.146 e. The van der Waals surface area contributed by atoms with Crippen molar-refractivity contribution in [1.29, 1.82) is 0 Å². The monoisotopic (exact) mass is 183 g/mol. The Labute approximate surface area is 76.8 Å². The number of nitrogens with one attached hydrogen (secondary N) is 1. The molecule has 0 amide bonds. The molecule has 0 aliphatic rings. The Bertz CT molecular complexity index is 239. The van der Waals surface area contributed by atoms with Gasteiger partial charge in [-0.05, 0) is 18.4 Å².